The molecule has 1 aromatic rings. The average molecular weight is 574 g/mol. The van der Waals surface area contributed by atoms with Gasteiger partial charge in [-0.1, -0.05) is 181 Å². The fraction of sp³-hybridized carbons (Fsp3) is 0.923. The minimum atomic E-state index is 1.23. The Bertz CT molecular complexity index is 586. The normalized spacial score (nSPS) is 11.6. The number of hydrogen-bond acceptors (Lipinski definition) is 0. The van der Waals surface area contributed by atoms with Gasteiger partial charge < -0.3 is 0 Å². The van der Waals surface area contributed by atoms with E-state index in [-0.39, 0.29) is 0 Å². The summed E-state index contributed by atoms with van der Waals surface area (Å²) in [5, 5.41) is 0. The summed E-state index contributed by atoms with van der Waals surface area (Å²) < 4.78 is 5.24. The maximum Gasteiger partial charge on any atom is 0.256 e. The molecule has 0 aliphatic heterocycles. The van der Waals surface area contributed by atoms with E-state index in [0.717, 1.165) is 0 Å². The lowest BCUT2D eigenvalue weighted by molar-refractivity contribution is -0.704. The Hall–Kier alpha value is -0.790. The van der Waals surface area contributed by atoms with Gasteiger partial charge in [0, 0.05) is 6.42 Å². The van der Waals surface area contributed by atoms with Crippen molar-refractivity contribution in [2.75, 3.05) is 0 Å². The van der Waals surface area contributed by atoms with Crippen molar-refractivity contribution in [1.82, 2.24) is 4.57 Å². The Balaban J connectivity index is 2.17. The van der Waals surface area contributed by atoms with Crippen LogP contribution in [0, 0.1) is 0 Å². The number of rotatable bonds is 33. The Labute approximate surface area is 259 Å². The van der Waals surface area contributed by atoms with Crippen LogP contribution in [0.3, 0.4) is 0 Å². The molecule has 0 radical (unpaired) electrons. The summed E-state index contributed by atoms with van der Waals surface area (Å²) >= 11 is 0. The van der Waals surface area contributed by atoms with Crippen LogP contribution in [0.1, 0.15) is 219 Å². The molecule has 0 aromatic carbocycles. The molecule has 1 heterocycles. The van der Waals surface area contributed by atoms with Crippen LogP contribution in [0.4, 0.5) is 0 Å². The molecule has 0 aliphatic rings. The molecule has 1 aromatic heterocycles. The second-order valence-corrected chi connectivity index (χ2v) is 13.4. The minimum Gasteiger partial charge on any atom is -0.234 e. The topological polar surface area (TPSA) is 8.81 Å². The number of imidazole rings is 1. The van der Waals surface area contributed by atoms with Crippen LogP contribution < -0.4 is 4.57 Å². The van der Waals surface area contributed by atoms with E-state index in [0.29, 0.717) is 0 Å². The zero-order valence-electron chi connectivity index (χ0n) is 28.9. The Morgan fingerprint density at radius 1 is 0.415 bits per heavy atom. The highest BCUT2D eigenvalue weighted by Crippen LogP contribution is 2.15. The maximum atomic E-state index is 2.62. The van der Waals surface area contributed by atoms with Gasteiger partial charge in [-0.2, -0.15) is 0 Å². The second-order valence-electron chi connectivity index (χ2n) is 13.4. The van der Waals surface area contributed by atoms with Gasteiger partial charge in [0.15, 0.2) is 0 Å². The van der Waals surface area contributed by atoms with Crippen LogP contribution >= 0.6 is 0 Å². The summed E-state index contributed by atoms with van der Waals surface area (Å²) in [5.41, 5.74) is 0. The molecule has 0 saturated heterocycles. The summed E-state index contributed by atoms with van der Waals surface area (Å²) in [4.78, 5) is 0. The molecule has 0 atom stereocenters. The van der Waals surface area contributed by atoms with Gasteiger partial charge in [0.1, 0.15) is 12.4 Å². The first kappa shape index (κ1) is 38.2. The molecular formula is C39H77N2+. The average Bonchev–Trinajstić information content (AvgIpc) is 3.37. The molecule has 242 valence electrons. The Morgan fingerprint density at radius 3 is 1.17 bits per heavy atom. The van der Waals surface area contributed by atoms with Gasteiger partial charge in [-0.25, -0.2) is 9.13 Å². The molecule has 0 fully saturated rings. The van der Waals surface area contributed by atoms with E-state index >= 15 is 0 Å². The predicted octanol–water partition coefficient (Wildman–Crippen LogP) is 13.1. The number of hydrogen-bond donors (Lipinski definition) is 0. The molecule has 1 rings (SSSR count). The molecule has 0 saturated carbocycles. The van der Waals surface area contributed by atoms with E-state index in [4.69, 9.17) is 0 Å². The van der Waals surface area contributed by atoms with Crippen molar-refractivity contribution in [2.24, 2.45) is 0 Å². The lowest BCUT2D eigenvalue weighted by Gasteiger charge is -2.07. The van der Waals surface area contributed by atoms with Crippen molar-refractivity contribution in [3.63, 3.8) is 0 Å². The lowest BCUT2D eigenvalue weighted by Crippen LogP contribution is -2.37. The van der Waals surface area contributed by atoms with Crippen molar-refractivity contribution in [3.8, 4) is 0 Å². The fourth-order valence-electron chi connectivity index (χ4n) is 6.50. The number of aryl methyl sites for hydroxylation is 2. The molecule has 0 aliphatic carbocycles. The van der Waals surface area contributed by atoms with E-state index in [1.165, 1.54) is 212 Å². The van der Waals surface area contributed by atoms with Crippen LogP contribution in [0.5, 0.6) is 0 Å². The molecular weight excluding hydrogens is 496 g/mol. The summed E-state index contributed by atoms with van der Waals surface area (Å²) in [5.74, 6) is 1.61. The smallest absolute Gasteiger partial charge is 0.234 e. The zero-order valence-corrected chi connectivity index (χ0v) is 28.9. The predicted molar refractivity (Wildman–Crippen MR) is 184 cm³/mol. The highest BCUT2D eigenvalue weighted by atomic mass is 15.1. The van der Waals surface area contributed by atoms with Crippen molar-refractivity contribution in [2.45, 2.75) is 233 Å². The Kier molecular flexibility index (Phi) is 28.6. The monoisotopic (exact) mass is 574 g/mol. The molecule has 0 unspecified atom stereocenters. The van der Waals surface area contributed by atoms with E-state index in [9.17, 15) is 0 Å². The third kappa shape index (κ3) is 23.4. The first-order valence-electron chi connectivity index (χ1n) is 19.4. The van der Waals surface area contributed by atoms with E-state index in [2.05, 4.69) is 42.3 Å². The van der Waals surface area contributed by atoms with Crippen LogP contribution in [-0.4, -0.2) is 4.57 Å². The minimum absolute atomic E-state index is 1.23. The first-order valence-corrected chi connectivity index (χ1v) is 19.4. The number of nitrogens with zero attached hydrogens (tertiary/aromatic N) is 2. The molecule has 2 nitrogen and oxygen atoms in total. The molecule has 2 heteroatoms. The second kappa shape index (κ2) is 30.7. The summed E-state index contributed by atoms with van der Waals surface area (Å²) in [7, 11) is 0. The third-order valence-electron chi connectivity index (χ3n) is 9.35. The van der Waals surface area contributed by atoms with Crippen LogP contribution in [0.15, 0.2) is 12.4 Å². The highest BCUT2D eigenvalue weighted by molar-refractivity contribution is 4.84. The first-order chi connectivity index (χ1) is 20.3. The molecule has 0 N–H and O–H groups in total. The highest BCUT2D eigenvalue weighted by Gasteiger charge is 2.16. The Morgan fingerprint density at radius 2 is 0.756 bits per heavy atom. The maximum absolute atomic E-state index is 2.62. The van der Waals surface area contributed by atoms with E-state index < -0.39 is 0 Å². The van der Waals surface area contributed by atoms with Gasteiger partial charge >= 0.3 is 0 Å². The zero-order chi connectivity index (χ0) is 29.5. The van der Waals surface area contributed by atoms with Crippen molar-refractivity contribution in [1.29, 1.82) is 0 Å². The third-order valence-corrected chi connectivity index (χ3v) is 9.35. The van der Waals surface area contributed by atoms with Gasteiger partial charge in [-0.3, -0.25) is 0 Å². The standard InChI is InChI=1S/C39H77N2/c1-4-7-10-13-15-17-19-21-23-25-27-29-32-35-40-37-38-41(39(40)34-31-12-9-6-3)36-33-30-28-26-24-22-20-18-16-14-11-8-5-2/h37-38H,4-36H2,1-3H3/q+1. The molecule has 0 bridgehead atoms. The largest absolute Gasteiger partial charge is 0.256 e. The van der Waals surface area contributed by atoms with Crippen LogP contribution in [-0.2, 0) is 19.5 Å². The van der Waals surface area contributed by atoms with Gasteiger partial charge in [0.25, 0.3) is 5.82 Å². The van der Waals surface area contributed by atoms with E-state index in [1.807, 2.05) is 0 Å². The number of unbranched alkanes of at least 4 members (excludes halogenated alkanes) is 27. The number of aromatic nitrogens is 2. The summed E-state index contributed by atoms with van der Waals surface area (Å²) in [6.45, 7) is 9.40. The SMILES string of the molecule is CCCCCCCCCCCCCCCn1cc[n+](CCCCCCCCCCCCCCC)c1CCCCCC. The molecule has 0 amide bonds. The van der Waals surface area contributed by atoms with Crippen molar-refractivity contribution < 1.29 is 4.57 Å². The van der Waals surface area contributed by atoms with Gasteiger partial charge in [-0.05, 0) is 32.1 Å². The molecule has 0 spiro atoms. The quantitative estimate of drug-likeness (QED) is 0.0584. The fourth-order valence-corrected chi connectivity index (χ4v) is 6.50. The van der Waals surface area contributed by atoms with Gasteiger partial charge in [0.05, 0.1) is 13.1 Å². The van der Waals surface area contributed by atoms with Crippen LogP contribution in [0.25, 0.3) is 0 Å². The lowest BCUT2D eigenvalue weighted by atomic mass is 10.0. The summed E-state index contributed by atoms with van der Waals surface area (Å²) in [6, 6.07) is 0. The van der Waals surface area contributed by atoms with Crippen molar-refractivity contribution in [3.05, 3.63) is 18.2 Å². The van der Waals surface area contributed by atoms with Crippen molar-refractivity contribution >= 4 is 0 Å². The van der Waals surface area contributed by atoms with Crippen LogP contribution in [0.2, 0.25) is 0 Å². The van der Waals surface area contributed by atoms with Gasteiger partial charge in [-0.15, -0.1) is 0 Å². The molecule has 41 heavy (non-hydrogen) atoms. The van der Waals surface area contributed by atoms with E-state index in [1.54, 1.807) is 5.82 Å². The summed E-state index contributed by atoms with van der Waals surface area (Å²) in [6.07, 6.45) is 48.9. The van der Waals surface area contributed by atoms with Gasteiger partial charge in [0.2, 0.25) is 0 Å².